The summed E-state index contributed by atoms with van der Waals surface area (Å²) >= 11 is 0. The lowest BCUT2D eigenvalue weighted by Crippen LogP contribution is -2.12. The van der Waals surface area contributed by atoms with Crippen molar-refractivity contribution < 1.29 is 14.3 Å². The molecular weight excluding hydrogens is 418 g/mol. The van der Waals surface area contributed by atoms with E-state index in [9.17, 15) is 4.79 Å². The number of aromatic nitrogens is 4. The van der Waals surface area contributed by atoms with Crippen LogP contribution in [0.2, 0.25) is 0 Å². The molecule has 5 rings (SSSR count). The number of anilines is 1. The average molecular weight is 439 g/mol. The summed E-state index contributed by atoms with van der Waals surface area (Å²) in [5, 5.41) is 8.21. The fraction of sp³-hybridized carbons (Fsp3) is 0.120. The number of amides is 1. The molecule has 0 atom stereocenters. The Balaban J connectivity index is 1.36. The fourth-order valence-corrected chi connectivity index (χ4v) is 3.58. The first-order valence-electron chi connectivity index (χ1n) is 10.4. The van der Waals surface area contributed by atoms with E-state index in [2.05, 4.69) is 20.4 Å². The molecule has 1 N–H and O–H groups in total. The molecule has 1 amide bonds. The van der Waals surface area contributed by atoms with Crippen LogP contribution in [0.4, 0.5) is 5.69 Å². The first-order chi connectivity index (χ1) is 16.1. The van der Waals surface area contributed by atoms with Gasteiger partial charge in [0.1, 0.15) is 12.2 Å². The maximum Gasteiger partial charge on any atom is 0.261 e. The smallest absolute Gasteiger partial charge is 0.261 e. The summed E-state index contributed by atoms with van der Waals surface area (Å²) in [6.45, 7) is 2.16. The van der Waals surface area contributed by atoms with Gasteiger partial charge in [-0.25, -0.2) is 14.5 Å². The molecular formula is C25H21N5O3. The number of benzene rings is 2. The second-order valence-electron chi connectivity index (χ2n) is 7.48. The minimum absolute atomic E-state index is 0.260. The molecule has 0 saturated heterocycles. The number of para-hydroxylation sites is 1. The Hall–Kier alpha value is -4.46. The molecule has 8 nitrogen and oxygen atoms in total. The van der Waals surface area contributed by atoms with E-state index in [1.165, 1.54) is 6.20 Å². The first kappa shape index (κ1) is 20.4. The van der Waals surface area contributed by atoms with Crippen molar-refractivity contribution in [1.82, 2.24) is 19.6 Å². The van der Waals surface area contributed by atoms with Crippen LogP contribution in [-0.4, -0.2) is 32.6 Å². The maximum absolute atomic E-state index is 12.9. The van der Waals surface area contributed by atoms with Crippen LogP contribution in [0.5, 0.6) is 11.5 Å². The molecule has 0 aliphatic rings. The minimum Gasteiger partial charge on any atom is -0.493 e. The fourth-order valence-electron chi connectivity index (χ4n) is 3.58. The number of nitrogens with one attached hydrogen (secondary N) is 1. The van der Waals surface area contributed by atoms with Crippen molar-refractivity contribution in [3.63, 3.8) is 0 Å². The lowest BCUT2D eigenvalue weighted by atomic mass is 10.2. The van der Waals surface area contributed by atoms with Gasteiger partial charge in [-0.3, -0.25) is 4.79 Å². The summed E-state index contributed by atoms with van der Waals surface area (Å²) in [5.41, 5.74) is 4.04. The minimum atomic E-state index is -0.310. The molecule has 3 heterocycles. The Morgan fingerprint density at radius 2 is 1.94 bits per heavy atom. The Bertz CT molecular complexity index is 1480. The molecule has 0 radical (unpaired) electrons. The summed E-state index contributed by atoms with van der Waals surface area (Å²) in [6.07, 6.45) is 3.17. The van der Waals surface area contributed by atoms with Gasteiger partial charge in [0.25, 0.3) is 5.91 Å². The molecule has 5 aromatic rings. The number of nitrogens with zero attached hydrogens (tertiary/aromatic N) is 4. The van der Waals surface area contributed by atoms with Crippen LogP contribution in [0.1, 0.15) is 21.7 Å². The highest BCUT2D eigenvalue weighted by Gasteiger charge is 2.16. The molecule has 2 aromatic carbocycles. The quantitative estimate of drug-likeness (QED) is 0.421. The van der Waals surface area contributed by atoms with Crippen LogP contribution in [0.3, 0.4) is 0 Å². The maximum atomic E-state index is 12.9. The summed E-state index contributed by atoms with van der Waals surface area (Å²) in [4.78, 5) is 21.8. The van der Waals surface area contributed by atoms with Crippen molar-refractivity contribution in [1.29, 1.82) is 0 Å². The van der Waals surface area contributed by atoms with Crippen LogP contribution < -0.4 is 14.8 Å². The third-order valence-electron chi connectivity index (χ3n) is 5.29. The van der Waals surface area contributed by atoms with E-state index in [1.54, 1.807) is 36.0 Å². The molecule has 0 aliphatic heterocycles. The standard InChI is InChI=1S/C25H21N5O3/c1-16-11-12-26-24-20(14-27-30(16)24)25(31)29-18-9-10-22(32-2)23(13-18)33-15-19-8-7-17-5-3-4-6-21(17)28-19/h3-14H,15H2,1-2H3,(H,29,31). The van der Waals surface area contributed by atoms with Crippen LogP contribution in [0.15, 0.2) is 73.1 Å². The highest BCUT2D eigenvalue weighted by atomic mass is 16.5. The molecule has 33 heavy (non-hydrogen) atoms. The van der Waals surface area contributed by atoms with Crippen molar-refractivity contribution in [3.05, 3.63) is 90.0 Å². The highest BCUT2D eigenvalue weighted by molar-refractivity contribution is 6.08. The largest absolute Gasteiger partial charge is 0.493 e. The van der Waals surface area contributed by atoms with Crippen molar-refractivity contribution in [3.8, 4) is 11.5 Å². The summed E-state index contributed by atoms with van der Waals surface area (Å²) in [5.74, 6) is 0.747. The summed E-state index contributed by atoms with van der Waals surface area (Å²) in [7, 11) is 1.57. The van der Waals surface area contributed by atoms with Crippen molar-refractivity contribution in [2.45, 2.75) is 13.5 Å². The Morgan fingerprint density at radius 3 is 2.82 bits per heavy atom. The van der Waals surface area contributed by atoms with Crippen molar-refractivity contribution in [2.75, 3.05) is 12.4 Å². The Labute approximate surface area is 189 Å². The van der Waals surface area contributed by atoms with E-state index in [-0.39, 0.29) is 12.5 Å². The van der Waals surface area contributed by atoms with Gasteiger partial charge in [-0.2, -0.15) is 5.10 Å². The van der Waals surface area contributed by atoms with Crippen molar-refractivity contribution >= 4 is 28.1 Å². The lowest BCUT2D eigenvalue weighted by molar-refractivity contribution is 0.102. The molecule has 8 heteroatoms. The van der Waals surface area contributed by atoms with Gasteiger partial charge in [0.05, 0.1) is 24.5 Å². The summed E-state index contributed by atoms with van der Waals surface area (Å²) < 4.78 is 13.1. The van der Waals surface area contributed by atoms with E-state index >= 15 is 0 Å². The molecule has 0 bridgehead atoms. The van der Waals surface area contributed by atoms with Gasteiger partial charge in [-0.05, 0) is 37.3 Å². The number of rotatable bonds is 6. The second kappa shape index (κ2) is 8.58. The van der Waals surface area contributed by atoms with Gasteiger partial charge < -0.3 is 14.8 Å². The number of ether oxygens (including phenoxy) is 2. The molecule has 0 unspecified atom stereocenters. The van der Waals surface area contributed by atoms with Gasteiger partial charge in [-0.1, -0.05) is 24.3 Å². The van der Waals surface area contributed by atoms with Crippen molar-refractivity contribution in [2.24, 2.45) is 0 Å². The zero-order valence-corrected chi connectivity index (χ0v) is 18.1. The monoisotopic (exact) mass is 439 g/mol. The molecule has 0 spiro atoms. The second-order valence-corrected chi connectivity index (χ2v) is 7.48. The van der Waals surface area contributed by atoms with Gasteiger partial charge in [-0.15, -0.1) is 0 Å². The van der Waals surface area contributed by atoms with E-state index in [0.717, 1.165) is 22.3 Å². The first-order valence-corrected chi connectivity index (χ1v) is 10.4. The number of pyridine rings is 1. The normalized spacial score (nSPS) is 11.0. The number of fused-ring (bicyclic) bond motifs is 2. The molecule has 0 aliphatic carbocycles. The predicted molar refractivity (Wildman–Crippen MR) is 125 cm³/mol. The zero-order chi connectivity index (χ0) is 22.8. The van der Waals surface area contributed by atoms with Crippen LogP contribution in [0, 0.1) is 6.92 Å². The highest BCUT2D eigenvalue weighted by Crippen LogP contribution is 2.31. The van der Waals surface area contributed by atoms with E-state index in [4.69, 9.17) is 9.47 Å². The van der Waals surface area contributed by atoms with Gasteiger partial charge in [0.2, 0.25) is 0 Å². The van der Waals surface area contributed by atoms with E-state index in [0.29, 0.717) is 28.4 Å². The van der Waals surface area contributed by atoms with Crippen LogP contribution >= 0.6 is 0 Å². The van der Waals surface area contributed by atoms with Crippen LogP contribution in [-0.2, 0) is 6.61 Å². The average Bonchev–Trinajstić information content (AvgIpc) is 3.28. The number of methoxy groups -OCH3 is 1. The zero-order valence-electron chi connectivity index (χ0n) is 18.1. The van der Waals surface area contributed by atoms with Gasteiger partial charge in [0.15, 0.2) is 17.1 Å². The van der Waals surface area contributed by atoms with E-state index < -0.39 is 0 Å². The van der Waals surface area contributed by atoms with Crippen LogP contribution in [0.25, 0.3) is 16.6 Å². The Morgan fingerprint density at radius 1 is 1.06 bits per heavy atom. The molecule has 0 saturated carbocycles. The molecule has 0 fully saturated rings. The number of carbonyl (C=O) groups excluding carboxylic acids is 1. The molecule has 164 valence electrons. The number of carbonyl (C=O) groups is 1. The third-order valence-corrected chi connectivity index (χ3v) is 5.29. The van der Waals surface area contributed by atoms with E-state index in [1.807, 2.05) is 49.4 Å². The Kier molecular flexibility index (Phi) is 5.32. The SMILES string of the molecule is COc1ccc(NC(=O)c2cnn3c(C)ccnc23)cc1OCc1ccc2ccccc2n1. The third kappa shape index (κ3) is 4.06. The molecule has 3 aromatic heterocycles. The number of hydrogen-bond acceptors (Lipinski definition) is 6. The van der Waals surface area contributed by atoms with Gasteiger partial charge in [0, 0.05) is 29.0 Å². The number of aryl methyl sites for hydroxylation is 1. The lowest BCUT2D eigenvalue weighted by Gasteiger charge is -2.13. The van der Waals surface area contributed by atoms with Gasteiger partial charge >= 0.3 is 0 Å². The summed E-state index contributed by atoms with van der Waals surface area (Å²) in [6, 6.07) is 18.9. The predicted octanol–water partition coefficient (Wildman–Crippen LogP) is 4.43. The number of hydrogen-bond donors (Lipinski definition) is 1. The topological polar surface area (TPSA) is 90.6 Å².